The van der Waals surface area contributed by atoms with Gasteiger partial charge < -0.3 is 14.9 Å². The number of hydrogen-bond acceptors (Lipinski definition) is 5. The lowest BCUT2D eigenvalue weighted by Gasteiger charge is -2.07. The summed E-state index contributed by atoms with van der Waals surface area (Å²) >= 11 is 3.04. The number of halogens is 1. The molecule has 7 nitrogen and oxygen atoms in total. The quantitative estimate of drug-likeness (QED) is 0.468. The molecule has 0 atom stereocenters. The van der Waals surface area contributed by atoms with Crippen molar-refractivity contribution in [3.05, 3.63) is 50.1 Å². The predicted octanol–water partition coefficient (Wildman–Crippen LogP) is 2.75. The number of carbonyl (C=O) groups is 1. The van der Waals surface area contributed by atoms with E-state index >= 15 is 0 Å². The fourth-order valence-corrected chi connectivity index (χ4v) is 2.31. The van der Waals surface area contributed by atoms with Crippen LogP contribution in [0.5, 0.6) is 5.75 Å². The number of nitro groups is 1. The number of ether oxygens (including phenoxy) is 1. The first kappa shape index (κ1) is 15.2. The minimum Gasteiger partial charge on any atom is -0.496 e. The Hall–Kier alpha value is -2.22. The second-order valence-corrected chi connectivity index (χ2v) is 5.24. The molecule has 1 aromatic carbocycles. The summed E-state index contributed by atoms with van der Waals surface area (Å²) in [5.74, 6) is -0.0869. The lowest BCUT2D eigenvalue weighted by molar-refractivity contribution is -0.390. The van der Waals surface area contributed by atoms with Crippen molar-refractivity contribution in [3.63, 3.8) is 0 Å². The van der Waals surface area contributed by atoms with Gasteiger partial charge in [-0.3, -0.25) is 4.79 Å². The minimum absolute atomic E-state index is 0.105. The Morgan fingerprint density at radius 1 is 1.52 bits per heavy atom. The number of nitrogens with zero attached hydrogens (tertiary/aromatic N) is 3. The summed E-state index contributed by atoms with van der Waals surface area (Å²) < 4.78 is 6.64. The van der Waals surface area contributed by atoms with Gasteiger partial charge in [-0.1, -0.05) is 6.07 Å². The molecular formula is C13H12BrN3O4. The van der Waals surface area contributed by atoms with Gasteiger partial charge in [-0.25, -0.2) is 0 Å². The van der Waals surface area contributed by atoms with Crippen molar-refractivity contribution in [2.75, 3.05) is 7.11 Å². The molecule has 0 spiro atoms. The first-order chi connectivity index (χ1) is 9.92. The normalized spacial score (nSPS) is 10.4. The zero-order valence-corrected chi connectivity index (χ0v) is 13.0. The van der Waals surface area contributed by atoms with E-state index in [2.05, 4.69) is 21.0 Å². The highest BCUT2D eigenvalue weighted by molar-refractivity contribution is 9.10. The van der Waals surface area contributed by atoms with Gasteiger partial charge in [0.25, 0.3) is 0 Å². The van der Waals surface area contributed by atoms with Gasteiger partial charge in [-0.05, 0) is 45.5 Å². The smallest absolute Gasteiger partial charge is 0.404 e. The van der Waals surface area contributed by atoms with E-state index < -0.39 is 4.92 Å². The average molecular weight is 354 g/mol. The average Bonchev–Trinajstić information content (AvgIpc) is 2.79. The largest absolute Gasteiger partial charge is 0.496 e. The van der Waals surface area contributed by atoms with Crippen LogP contribution in [0.1, 0.15) is 15.9 Å². The first-order valence-corrected chi connectivity index (χ1v) is 6.77. The number of carbonyl (C=O) groups excluding carboxylic acids is 1. The van der Waals surface area contributed by atoms with Gasteiger partial charge in [-0.2, -0.15) is 4.68 Å². The molecule has 0 radical (unpaired) electrons. The Labute approximate surface area is 128 Å². The van der Waals surface area contributed by atoms with Crippen molar-refractivity contribution in [2.45, 2.75) is 13.5 Å². The molecular weight excluding hydrogens is 342 g/mol. The Morgan fingerprint density at radius 3 is 2.81 bits per heavy atom. The molecule has 1 heterocycles. The van der Waals surface area contributed by atoms with Crippen molar-refractivity contribution in [1.29, 1.82) is 0 Å². The van der Waals surface area contributed by atoms with E-state index in [-0.39, 0.29) is 22.6 Å². The molecule has 0 saturated heterocycles. The highest BCUT2D eigenvalue weighted by Gasteiger charge is 2.21. The number of ketones is 1. The molecule has 2 aromatic rings. The molecule has 8 heteroatoms. The predicted molar refractivity (Wildman–Crippen MR) is 78.6 cm³/mol. The standard InChI is InChI=1S/C13H12BrN3O4/c1-8-3-4-9(12(5-8)21-2)11(18)7-16-6-10(14)13(15-16)17(19)20/h3-6H,7H2,1-2H3. The molecule has 1 aromatic heterocycles. The summed E-state index contributed by atoms with van der Waals surface area (Å²) in [5.41, 5.74) is 1.39. The monoisotopic (exact) mass is 353 g/mol. The van der Waals surface area contributed by atoms with Crippen molar-refractivity contribution >= 4 is 27.5 Å². The Bertz CT molecular complexity index is 711. The first-order valence-electron chi connectivity index (χ1n) is 5.97. The van der Waals surface area contributed by atoms with E-state index in [0.717, 1.165) is 5.56 Å². The molecule has 110 valence electrons. The Balaban J connectivity index is 2.26. The molecule has 21 heavy (non-hydrogen) atoms. The zero-order chi connectivity index (χ0) is 15.6. The topological polar surface area (TPSA) is 87.3 Å². The molecule has 0 saturated carbocycles. The van der Waals surface area contributed by atoms with Crippen LogP contribution in [0.25, 0.3) is 0 Å². The van der Waals surface area contributed by atoms with Crippen LogP contribution in [0.2, 0.25) is 0 Å². The van der Waals surface area contributed by atoms with Crippen LogP contribution in [-0.4, -0.2) is 27.6 Å². The van der Waals surface area contributed by atoms with Crippen molar-refractivity contribution < 1.29 is 14.5 Å². The van der Waals surface area contributed by atoms with E-state index in [1.165, 1.54) is 18.0 Å². The Morgan fingerprint density at radius 2 is 2.24 bits per heavy atom. The summed E-state index contributed by atoms with van der Waals surface area (Å²) in [6, 6.07) is 5.23. The van der Waals surface area contributed by atoms with Crippen LogP contribution in [0.15, 0.2) is 28.9 Å². The molecule has 0 aliphatic heterocycles. The number of rotatable bonds is 5. The van der Waals surface area contributed by atoms with E-state index in [1.807, 2.05) is 6.92 Å². The molecule has 0 unspecified atom stereocenters. The minimum atomic E-state index is -0.614. The number of methoxy groups -OCH3 is 1. The third-order valence-electron chi connectivity index (χ3n) is 2.84. The van der Waals surface area contributed by atoms with Gasteiger partial charge in [0.05, 0.1) is 24.0 Å². The molecule has 0 bridgehead atoms. The molecule has 0 N–H and O–H groups in total. The van der Waals surface area contributed by atoms with Crippen LogP contribution >= 0.6 is 15.9 Å². The van der Waals surface area contributed by atoms with Crippen LogP contribution in [-0.2, 0) is 6.54 Å². The highest BCUT2D eigenvalue weighted by Crippen LogP contribution is 2.24. The zero-order valence-electron chi connectivity index (χ0n) is 11.4. The summed E-state index contributed by atoms with van der Waals surface area (Å²) in [5, 5.41) is 14.5. The third-order valence-corrected chi connectivity index (χ3v) is 3.39. The fraction of sp³-hybridized carbons (Fsp3) is 0.231. The maximum Gasteiger partial charge on any atom is 0.404 e. The van der Waals surface area contributed by atoms with Crippen molar-refractivity contribution in [2.24, 2.45) is 0 Å². The molecule has 0 fully saturated rings. The second kappa shape index (κ2) is 6.04. The van der Waals surface area contributed by atoms with Gasteiger partial charge in [0.1, 0.15) is 16.8 Å². The van der Waals surface area contributed by atoms with Crippen molar-refractivity contribution in [1.82, 2.24) is 9.78 Å². The van der Waals surface area contributed by atoms with E-state index in [1.54, 1.807) is 18.2 Å². The second-order valence-electron chi connectivity index (χ2n) is 4.38. The highest BCUT2D eigenvalue weighted by atomic mass is 79.9. The maximum atomic E-state index is 12.3. The lowest BCUT2D eigenvalue weighted by atomic mass is 10.1. The van der Waals surface area contributed by atoms with E-state index in [4.69, 9.17) is 4.74 Å². The van der Waals surface area contributed by atoms with Crippen molar-refractivity contribution in [3.8, 4) is 5.75 Å². The van der Waals surface area contributed by atoms with Gasteiger partial charge in [0.2, 0.25) is 0 Å². The molecule has 0 aliphatic carbocycles. The third kappa shape index (κ3) is 3.27. The van der Waals surface area contributed by atoms with Gasteiger partial charge in [0.15, 0.2) is 5.78 Å². The number of Topliss-reactive ketones (excluding diaryl/α,β-unsaturated/α-hetero) is 1. The summed E-state index contributed by atoms with van der Waals surface area (Å²) in [4.78, 5) is 22.4. The van der Waals surface area contributed by atoms with E-state index in [9.17, 15) is 14.9 Å². The fourth-order valence-electron chi connectivity index (χ4n) is 1.85. The molecule has 2 rings (SSSR count). The van der Waals surface area contributed by atoms with Crippen LogP contribution in [0.4, 0.5) is 5.82 Å². The van der Waals surface area contributed by atoms with Gasteiger partial charge >= 0.3 is 5.82 Å². The Kier molecular flexibility index (Phi) is 4.37. The summed E-state index contributed by atoms with van der Waals surface area (Å²) in [6.07, 6.45) is 1.40. The number of benzene rings is 1. The maximum absolute atomic E-state index is 12.3. The van der Waals surface area contributed by atoms with Gasteiger partial charge in [0, 0.05) is 0 Å². The SMILES string of the molecule is COc1cc(C)ccc1C(=O)Cn1cc(Br)c([N+](=O)[O-])n1. The molecule has 0 aliphatic rings. The number of aryl methyl sites for hydroxylation is 1. The van der Waals surface area contributed by atoms with E-state index in [0.29, 0.717) is 11.3 Å². The number of hydrogen-bond donors (Lipinski definition) is 0. The van der Waals surface area contributed by atoms with Gasteiger partial charge in [-0.15, -0.1) is 0 Å². The number of aromatic nitrogens is 2. The summed E-state index contributed by atoms with van der Waals surface area (Å²) in [6.45, 7) is 1.79. The van der Waals surface area contributed by atoms with Crippen LogP contribution < -0.4 is 4.74 Å². The lowest BCUT2D eigenvalue weighted by Crippen LogP contribution is -2.12. The summed E-state index contributed by atoms with van der Waals surface area (Å²) in [7, 11) is 1.49. The molecule has 0 amide bonds. The van der Waals surface area contributed by atoms with Crippen LogP contribution in [0.3, 0.4) is 0 Å². The van der Waals surface area contributed by atoms with Crippen LogP contribution in [0, 0.1) is 17.0 Å².